The summed E-state index contributed by atoms with van der Waals surface area (Å²) in [5.74, 6) is 0. The summed E-state index contributed by atoms with van der Waals surface area (Å²) < 4.78 is 29.5. The van der Waals surface area contributed by atoms with Gasteiger partial charge in [0.25, 0.3) is 0 Å². The molecule has 1 aromatic carbocycles. The van der Waals surface area contributed by atoms with E-state index < -0.39 is 15.6 Å². The third-order valence-corrected chi connectivity index (χ3v) is 7.06. The second kappa shape index (κ2) is 6.50. The molecule has 1 aromatic heterocycles. The van der Waals surface area contributed by atoms with Crippen LogP contribution in [0.5, 0.6) is 0 Å². The maximum atomic E-state index is 12.7. The van der Waals surface area contributed by atoms with E-state index in [0.29, 0.717) is 16.5 Å². The molecule has 24 heavy (non-hydrogen) atoms. The van der Waals surface area contributed by atoms with E-state index in [9.17, 15) is 8.42 Å². The molecule has 1 saturated carbocycles. The Labute approximate surface area is 155 Å². The van der Waals surface area contributed by atoms with Gasteiger partial charge in [0.1, 0.15) is 10.0 Å². The van der Waals surface area contributed by atoms with Gasteiger partial charge >= 0.3 is 0 Å². The van der Waals surface area contributed by atoms with Crippen LogP contribution in [0.1, 0.15) is 24.8 Å². The minimum atomic E-state index is -3.76. The molecular weight excluding hydrogens is 393 g/mol. The summed E-state index contributed by atoms with van der Waals surface area (Å²) in [6, 6.07) is 5.25. The van der Waals surface area contributed by atoms with Crippen molar-refractivity contribution in [2.75, 3.05) is 0 Å². The van der Waals surface area contributed by atoms with Gasteiger partial charge in [-0.2, -0.15) is 5.10 Å². The third-order valence-electron chi connectivity index (χ3n) is 4.33. The summed E-state index contributed by atoms with van der Waals surface area (Å²) in [4.78, 5) is -0.0138. The molecule has 3 rings (SSSR count). The van der Waals surface area contributed by atoms with E-state index in [1.54, 1.807) is 19.2 Å². The van der Waals surface area contributed by atoms with Crippen molar-refractivity contribution < 1.29 is 8.42 Å². The van der Waals surface area contributed by atoms with Gasteiger partial charge in [0.15, 0.2) is 0 Å². The van der Waals surface area contributed by atoms with Crippen molar-refractivity contribution in [3.05, 3.63) is 45.2 Å². The number of halogens is 3. The Morgan fingerprint density at radius 2 is 2.00 bits per heavy atom. The zero-order valence-electron chi connectivity index (χ0n) is 12.9. The van der Waals surface area contributed by atoms with Gasteiger partial charge < -0.3 is 0 Å². The molecule has 1 heterocycles. The molecule has 0 aliphatic heterocycles. The fourth-order valence-corrected chi connectivity index (χ4v) is 5.24. The summed E-state index contributed by atoms with van der Waals surface area (Å²) in [7, 11) is -2.17. The summed E-state index contributed by atoms with van der Waals surface area (Å²) in [6.45, 7) is 0. The van der Waals surface area contributed by atoms with Crippen LogP contribution in [-0.2, 0) is 23.5 Å². The second-order valence-corrected chi connectivity index (χ2v) is 8.93. The largest absolute Gasteiger partial charge is 0.256 e. The average Bonchev–Trinajstić information content (AvgIpc) is 2.80. The fraction of sp³-hybridized carbons (Fsp3) is 0.400. The summed E-state index contributed by atoms with van der Waals surface area (Å²) in [6.07, 6.45) is 4.19. The van der Waals surface area contributed by atoms with Crippen LogP contribution in [0.25, 0.3) is 0 Å². The van der Waals surface area contributed by atoms with E-state index in [0.717, 1.165) is 24.8 Å². The first kappa shape index (κ1) is 18.0. The average molecular weight is 409 g/mol. The summed E-state index contributed by atoms with van der Waals surface area (Å²) in [5, 5.41) is 5.06. The normalized spacial score (nSPS) is 16.8. The molecule has 5 nitrogen and oxygen atoms in total. The van der Waals surface area contributed by atoms with Crippen molar-refractivity contribution >= 4 is 44.8 Å². The molecule has 0 unspecified atom stereocenters. The summed E-state index contributed by atoms with van der Waals surface area (Å²) >= 11 is 18.2. The molecule has 130 valence electrons. The highest BCUT2D eigenvalue weighted by Gasteiger charge is 2.42. The SMILES string of the molecule is Cn1ncc(S(=O)(=O)NC2(Cc3ccc(Cl)cc3Cl)CCC2)c1Cl. The number of nitrogens with zero attached hydrogens (tertiary/aromatic N) is 2. The number of rotatable bonds is 5. The summed E-state index contributed by atoms with van der Waals surface area (Å²) in [5.41, 5.74) is 0.302. The van der Waals surface area contributed by atoms with Crippen molar-refractivity contribution in [2.24, 2.45) is 7.05 Å². The Morgan fingerprint density at radius 1 is 1.29 bits per heavy atom. The van der Waals surface area contributed by atoms with Crippen LogP contribution in [-0.4, -0.2) is 23.7 Å². The predicted molar refractivity (Wildman–Crippen MR) is 95.3 cm³/mol. The molecule has 1 aliphatic rings. The Kier molecular flexibility index (Phi) is 4.88. The molecule has 9 heteroatoms. The molecule has 0 radical (unpaired) electrons. The molecule has 2 aromatic rings. The van der Waals surface area contributed by atoms with Gasteiger partial charge in [0.05, 0.1) is 6.20 Å². The van der Waals surface area contributed by atoms with Gasteiger partial charge in [0, 0.05) is 22.6 Å². The molecule has 1 N–H and O–H groups in total. The van der Waals surface area contributed by atoms with E-state index in [4.69, 9.17) is 34.8 Å². The highest BCUT2D eigenvalue weighted by Crippen LogP contribution is 2.38. The lowest BCUT2D eigenvalue weighted by Crippen LogP contribution is -2.54. The molecule has 1 aliphatic carbocycles. The molecule has 0 amide bonds. The van der Waals surface area contributed by atoms with Crippen molar-refractivity contribution in [3.8, 4) is 0 Å². The first-order valence-corrected chi connectivity index (χ1v) is 10.00. The maximum absolute atomic E-state index is 12.7. The first-order valence-electron chi connectivity index (χ1n) is 7.38. The Morgan fingerprint density at radius 3 is 2.50 bits per heavy atom. The van der Waals surface area contributed by atoms with Crippen molar-refractivity contribution in [2.45, 2.75) is 36.1 Å². The maximum Gasteiger partial charge on any atom is 0.245 e. The lowest BCUT2D eigenvalue weighted by atomic mass is 9.74. The van der Waals surface area contributed by atoms with E-state index in [1.807, 2.05) is 6.07 Å². The van der Waals surface area contributed by atoms with E-state index in [2.05, 4.69) is 9.82 Å². The number of hydrogen-bond donors (Lipinski definition) is 1. The quantitative estimate of drug-likeness (QED) is 0.818. The Balaban J connectivity index is 1.87. The van der Waals surface area contributed by atoms with E-state index >= 15 is 0 Å². The number of aryl methyl sites for hydroxylation is 1. The number of benzene rings is 1. The smallest absolute Gasteiger partial charge is 0.245 e. The monoisotopic (exact) mass is 407 g/mol. The van der Waals surface area contributed by atoms with Crippen LogP contribution < -0.4 is 4.72 Å². The Hall–Kier alpha value is -0.790. The lowest BCUT2D eigenvalue weighted by Gasteiger charge is -2.42. The minimum absolute atomic E-state index is 0.0138. The van der Waals surface area contributed by atoms with E-state index in [1.165, 1.54) is 10.9 Å². The highest BCUT2D eigenvalue weighted by molar-refractivity contribution is 7.89. The van der Waals surface area contributed by atoms with Crippen LogP contribution in [0.15, 0.2) is 29.3 Å². The Bertz CT molecular complexity index is 876. The zero-order chi connectivity index (χ0) is 17.5. The van der Waals surface area contributed by atoms with E-state index in [-0.39, 0.29) is 10.0 Å². The molecule has 1 fully saturated rings. The molecular formula is C15H16Cl3N3O2S. The highest BCUT2D eigenvalue weighted by atomic mass is 35.5. The molecule has 0 spiro atoms. The number of nitrogens with one attached hydrogen (secondary N) is 1. The van der Waals surface area contributed by atoms with Crippen LogP contribution in [0, 0.1) is 0 Å². The van der Waals surface area contributed by atoms with Crippen molar-refractivity contribution in [1.82, 2.24) is 14.5 Å². The van der Waals surface area contributed by atoms with Crippen LogP contribution >= 0.6 is 34.8 Å². The van der Waals surface area contributed by atoms with Gasteiger partial charge in [-0.3, -0.25) is 4.68 Å². The van der Waals surface area contributed by atoms with Crippen molar-refractivity contribution in [1.29, 1.82) is 0 Å². The number of aromatic nitrogens is 2. The van der Waals surface area contributed by atoms with Crippen LogP contribution in [0.4, 0.5) is 0 Å². The standard InChI is InChI=1S/C15H16Cl3N3O2S/c1-21-14(18)13(9-19-21)24(22,23)20-15(5-2-6-15)8-10-3-4-11(16)7-12(10)17/h3-4,7,9,20H,2,5-6,8H2,1H3. The zero-order valence-corrected chi connectivity index (χ0v) is 16.0. The van der Waals surface area contributed by atoms with Gasteiger partial charge in [0.2, 0.25) is 10.0 Å². The van der Waals surface area contributed by atoms with Crippen LogP contribution in [0.3, 0.4) is 0 Å². The van der Waals surface area contributed by atoms with Gasteiger partial charge in [-0.05, 0) is 43.4 Å². The van der Waals surface area contributed by atoms with Gasteiger partial charge in [-0.15, -0.1) is 0 Å². The molecule has 0 saturated heterocycles. The number of hydrogen-bond acceptors (Lipinski definition) is 3. The first-order chi connectivity index (χ1) is 11.2. The predicted octanol–water partition coefficient (Wildman–Crippen LogP) is 3.82. The van der Waals surface area contributed by atoms with Crippen molar-refractivity contribution in [3.63, 3.8) is 0 Å². The third kappa shape index (κ3) is 3.44. The number of sulfonamides is 1. The topological polar surface area (TPSA) is 64.0 Å². The fourth-order valence-electron chi connectivity index (χ4n) is 2.87. The molecule has 0 bridgehead atoms. The van der Waals surface area contributed by atoms with Gasteiger partial charge in [-0.1, -0.05) is 40.9 Å². The van der Waals surface area contributed by atoms with Crippen LogP contribution in [0.2, 0.25) is 15.2 Å². The lowest BCUT2D eigenvalue weighted by molar-refractivity contribution is 0.220. The molecule has 0 atom stereocenters. The minimum Gasteiger partial charge on any atom is -0.256 e. The van der Waals surface area contributed by atoms with Gasteiger partial charge in [-0.25, -0.2) is 13.1 Å². The second-order valence-electron chi connectivity index (χ2n) is 6.08.